The molecule has 0 radical (unpaired) electrons. The molecule has 1 saturated heterocycles. The summed E-state index contributed by atoms with van der Waals surface area (Å²) >= 11 is 0. The molecule has 1 aliphatic rings. The summed E-state index contributed by atoms with van der Waals surface area (Å²) in [6, 6.07) is 10.5. The van der Waals surface area contributed by atoms with E-state index >= 15 is 0 Å². The fourth-order valence-electron chi connectivity index (χ4n) is 4.02. The normalized spacial score (nSPS) is 15.8. The minimum Gasteiger partial charge on any atom is -0.492 e. The lowest BCUT2D eigenvalue weighted by Gasteiger charge is -2.28. The minimum absolute atomic E-state index is 0.121. The molecule has 0 saturated carbocycles. The van der Waals surface area contributed by atoms with Gasteiger partial charge >= 0.3 is 0 Å². The zero-order chi connectivity index (χ0) is 26.5. The van der Waals surface area contributed by atoms with Crippen LogP contribution in [0.2, 0.25) is 0 Å². The number of nitrogens with one attached hydrogen (secondary N) is 1. The summed E-state index contributed by atoms with van der Waals surface area (Å²) in [5, 5.41) is 2.70. The van der Waals surface area contributed by atoms with Gasteiger partial charge in [0, 0.05) is 13.1 Å². The standard InChI is InChI=1S/C24H33N3O7S2/c1-18-15-19(2)17-21(16-18)27(35(4,29)30)20(3)24(28)25-9-12-34-22-5-7-23(8-6-22)36(31,32)26-10-13-33-14-11-26/h5-8,15-17,20H,9-14H2,1-4H3,(H,25,28). The maximum absolute atomic E-state index is 12.7. The van der Waals surface area contributed by atoms with E-state index in [2.05, 4.69) is 5.32 Å². The Hall–Kier alpha value is -2.67. The van der Waals surface area contributed by atoms with E-state index in [0.717, 1.165) is 21.7 Å². The Kier molecular flexibility index (Phi) is 8.98. The van der Waals surface area contributed by atoms with E-state index in [1.54, 1.807) is 24.3 Å². The van der Waals surface area contributed by atoms with Crippen molar-refractivity contribution in [1.29, 1.82) is 0 Å². The van der Waals surface area contributed by atoms with Crippen LogP contribution in [0.25, 0.3) is 0 Å². The number of hydrogen-bond donors (Lipinski definition) is 1. The average molecular weight is 540 g/mol. The van der Waals surface area contributed by atoms with Gasteiger partial charge in [-0.05, 0) is 68.3 Å². The van der Waals surface area contributed by atoms with Gasteiger partial charge in [-0.2, -0.15) is 4.31 Å². The van der Waals surface area contributed by atoms with Gasteiger partial charge in [-0.3, -0.25) is 9.10 Å². The molecule has 12 heteroatoms. The monoisotopic (exact) mass is 539 g/mol. The molecule has 1 amide bonds. The molecule has 36 heavy (non-hydrogen) atoms. The van der Waals surface area contributed by atoms with Crippen LogP contribution in [0.5, 0.6) is 5.75 Å². The number of aryl methyl sites for hydroxylation is 2. The smallest absolute Gasteiger partial charge is 0.243 e. The zero-order valence-corrected chi connectivity index (χ0v) is 22.6. The van der Waals surface area contributed by atoms with E-state index in [4.69, 9.17) is 9.47 Å². The summed E-state index contributed by atoms with van der Waals surface area (Å²) in [5.74, 6) is -0.0126. The largest absolute Gasteiger partial charge is 0.492 e. The van der Waals surface area contributed by atoms with Crippen molar-refractivity contribution >= 4 is 31.6 Å². The van der Waals surface area contributed by atoms with Gasteiger partial charge in [-0.25, -0.2) is 16.8 Å². The fourth-order valence-corrected chi connectivity index (χ4v) is 6.59. The third-order valence-corrected chi connectivity index (χ3v) is 8.81. The quantitative estimate of drug-likeness (QED) is 0.456. The average Bonchev–Trinajstić information content (AvgIpc) is 2.81. The SMILES string of the molecule is Cc1cc(C)cc(N(C(C)C(=O)NCCOc2ccc(S(=O)(=O)N3CCOCC3)cc2)S(C)(=O)=O)c1. The Balaban J connectivity index is 1.56. The van der Waals surface area contributed by atoms with Crippen LogP contribution in [0.4, 0.5) is 5.69 Å². The van der Waals surface area contributed by atoms with Crippen LogP contribution in [0.3, 0.4) is 0 Å². The lowest BCUT2D eigenvalue weighted by Crippen LogP contribution is -2.48. The molecule has 1 N–H and O–H groups in total. The second kappa shape index (κ2) is 11.6. The highest BCUT2D eigenvalue weighted by atomic mass is 32.2. The predicted molar refractivity (Wildman–Crippen MR) is 137 cm³/mol. The van der Waals surface area contributed by atoms with Crippen molar-refractivity contribution in [3.63, 3.8) is 0 Å². The molecule has 2 aromatic rings. The van der Waals surface area contributed by atoms with Crippen molar-refractivity contribution in [2.75, 3.05) is 50.0 Å². The van der Waals surface area contributed by atoms with Crippen LogP contribution in [-0.4, -0.2) is 78.8 Å². The number of amides is 1. The summed E-state index contributed by atoms with van der Waals surface area (Å²) < 4.78 is 63.7. The van der Waals surface area contributed by atoms with E-state index in [1.165, 1.54) is 23.4 Å². The van der Waals surface area contributed by atoms with Crippen molar-refractivity contribution in [2.45, 2.75) is 31.7 Å². The molecule has 1 atom stereocenters. The van der Waals surface area contributed by atoms with Gasteiger partial charge in [-0.15, -0.1) is 0 Å². The molecule has 1 aliphatic heterocycles. The molecular formula is C24H33N3O7S2. The number of carbonyl (C=O) groups is 1. The number of anilines is 1. The minimum atomic E-state index is -3.71. The van der Waals surface area contributed by atoms with Crippen LogP contribution in [0.1, 0.15) is 18.1 Å². The fraction of sp³-hybridized carbons (Fsp3) is 0.458. The molecule has 10 nitrogen and oxygen atoms in total. The lowest BCUT2D eigenvalue weighted by atomic mass is 10.1. The number of sulfonamides is 2. The van der Waals surface area contributed by atoms with Gasteiger partial charge in [0.1, 0.15) is 18.4 Å². The highest BCUT2D eigenvalue weighted by Gasteiger charge is 2.29. The highest BCUT2D eigenvalue weighted by Crippen LogP contribution is 2.24. The molecule has 1 fully saturated rings. The number of rotatable bonds is 10. The van der Waals surface area contributed by atoms with E-state index in [-0.39, 0.29) is 18.0 Å². The lowest BCUT2D eigenvalue weighted by molar-refractivity contribution is -0.121. The Labute approximate surface area is 213 Å². The molecule has 198 valence electrons. The molecule has 1 heterocycles. The van der Waals surface area contributed by atoms with E-state index in [1.807, 2.05) is 19.9 Å². The molecule has 1 unspecified atom stereocenters. The maximum atomic E-state index is 12.7. The molecule has 0 aliphatic carbocycles. The molecule has 2 aromatic carbocycles. The van der Waals surface area contributed by atoms with Crippen LogP contribution in [0, 0.1) is 13.8 Å². The third kappa shape index (κ3) is 6.96. The number of benzene rings is 2. The first-order valence-electron chi connectivity index (χ1n) is 11.6. The van der Waals surface area contributed by atoms with Crippen molar-refractivity contribution in [3.8, 4) is 5.75 Å². The highest BCUT2D eigenvalue weighted by molar-refractivity contribution is 7.92. The van der Waals surface area contributed by atoms with Crippen LogP contribution < -0.4 is 14.4 Å². The van der Waals surface area contributed by atoms with E-state index < -0.39 is 32.0 Å². The molecule has 3 rings (SSSR count). The Bertz CT molecular complexity index is 1250. The van der Waals surface area contributed by atoms with Gasteiger partial charge in [0.2, 0.25) is 26.0 Å². The summed E-state index contributed by atoms with van der Waals surface area (Å²) in [6.07, 6.45) is 1.07. The number of ether oxygens (including phenoxy) is 2. The Morgan fingerprint density at radius 2 is 1.64 bits per heavy atom. The zero-order valence-electron chi connectivity index (χ0n) is 20.9. The predicted octanol–water partition coefficient (Wildman–Crippen LogP) is 1.67. The van der Waals surface area contributed by atoms with Crippen molar-refractivity contribution in [3.05, 3.63) is 53.6 Å². The summed E-state index contributed by atoms with van der Waals surface area (Å²) in [7, 11) is -7.30. The van der Waals surface area contributed by atoms with Crippen molar-refractivity contribution < 1.29 is 31.1 Å². The van der Waals surface area contributed by atoms with Gasteiger partial charge in [-0.1, -0.05) is 6.07 Å². The number of nitrogens with zero attached hydrogens (tertiary/aromatic N) is 2. The van der Waals surface area contributed by atoms with Gasteiger partial charge in [0.25, 0.3) is 0 Å². The van der Waals surface area contributed by atoms with Gasteiger partial charge < -0.3 is 14.8 Å². The summed E-state index contributed by atoms with van der Waals surface area (Å²) in [5.41, 5.74) is 2.22. The van der Waals surface area contributed by atoms with Crippen molar-refractivity contribution in [1.82, 2.24) is 9.62 Å². The molecule has 0 bridgehead atoms. The molecule has 0 aromatic heterocycles. The molecule has 0 spiro atoms. The number of hydrogen-bond acceptors (Lipinski definition) is 7. The van der Waals surface area contributed by atoms with Crippen LogP contribution in [0.15, 0.2) is 47.4 Å². The maximum Gasteiger partial charge on any atom is 0.243 e. The topological polar surface area (TPSA) is 122 Å². The second-order valence-corrected chi connectivity index (χ2v) is 12.5. The van der Waals surface area contributed by atoms with Gasteiger partial charge in [0.05, 0.1) is 36.6 Å². The summed E-state index contributed by atoms with van der Waals surface area (Å²) in [6.45, 7) is 6.90. The van der Waals surface area contributed by atoms with Crippen molar-refractivity contribution in [2.24, 2.45) is 0 Å². The molecular weight excluding hydrogens is 506 g/mol. The third-order valence-electron chi connectivity index (χ3n) is 5.65. The van der Waals surface area contributed by atoms with Crippen LogP contribution >= 0.6 is 0 Å². The Morgan fingerprint density at radius 1 is 1.06 bits per heavy atom. The first-order valence-corrected chi connectivity index (χ1v) is 14.8. The second-order valence-electron chi connectivity index (χ2n) is 8.71. The first-order chi connectivity index (χ1) is 16.9. The summed E-state index contributed by atoms with van der Waals surface area (Å²) in [4.78, 5) is 12.9. The van der Waals surface area contributed by atoms with E-state index in [9.17, 15) is 21.6 Å². The van der Waals surface area contributed by atoms with E-state index in [0.29, 0.717) is 37.7 Å². The Morgan fingerprint density at radius 3 is 2.19 bits per heavy atom. The first kappa shape index (κ1) is 27.9. The number of morpholine rings is 1. The number of carbonyl (C=O) groups excluding carboxylic acids is 1. The van der Waals surface area contributed by atoms with Gasteiger partial charge in [0.15, 0.2) is 0 Å². The van der Waals surface area contributed by atoms with Crippen LogP contribution in [-0.2, 0) is 29.6 Å².